The van der Waals surface area contributed by atoms with Crippen molar-refractivity contribution in [2.75, 3.05) is 27.4 Å². The average Bonchev–Trinajstić information content (AvgIpc) is 2.45. The third-order valence-corrected chi connectivity index (χ3v) is 3.15. The van der Waals surface area contributed by atoms with E-state index >= 15 is 0 Å². The summed E-state index contributed by atoms with van der Waals surface area (Å²) in [6.45, 7) is 0.188. The summed E-state index contributed by atoms with van der Waals surface area (Å²) < 4.78 is 11.1. The van der Waals surface area contributed by atoms with E-state index in [0.717, 1.165) is 38.5 Å². The van der Waals surface area contributed by atoms with Crippen LogP contribution >= 0.6 is 0 Å². The standard InChI is InChI=1S/C15H28O4/c1-18-15(19-2,11-7-3-5-9-13-16)12-8-4-6-10-14-17/h5-6,9-10,16-17H,3-4,7-8,11-14H2,1-2H3/b9-5+,10-6+. The molecule has 0 aromatic carbocycles. The molecule has 112 valence electrons. The van der Waals surface area contributed by atoms with Crippen LogP contribution in [0.1, 0.15) is 38.5 Å². The van der Waals surface area contributed by atoms with Gasteiger partial charge in [0.05, 0.1) is 13.2 Å². The van der Waals surface area contributed by atoms with Crippen molar-refractivity contribution in [2.45, 2.75) is 44.3 Å². The Morgan fingerprint density at radius 2 is 1.21 bits per heavy atom. The van der Waals surface area contributed by atoms with Crippen molar-refractivity contribution in [1.82, 2.24) is 0 Å². The molecule has 0 rings (SSSR count). The zero-order valence-electron chi connectivity index (χ0n) is 12.2. The van der Waals surface area contributed by atoms with Gasteiger partial charge in [0.25, 0.3) is 0 Å². The number of allylic oxidation sites excluding steroid dienone is 2. The van der Waals surface area contributed by atoms with Gasteiger partial charge < -0.3 is 19.7 Å². The van der Waals surface area contributed by atoms with Crippen LogP contribution in [0, 0.1) is 0 Å². The molecule has 0 spiro atoms. The predicted molar refractivity (Wildman–Crippen MR) is 76.9 cm³/mol. The van der Waals surface area contributed by atoms with Crippen LogP contribution in [0.25, 0.3) is 0 Å². The molecular formula is C15H28O4. The van der Waals surface area contributed by atoms with E-state index in [0.29, 0.717) is 0 Å². The van der Waals surface area contributed by atoms with E-state index in [1.807, 2.05) is 12.2 Å². The molecule has 0 aromatic rings. The molecule has 0 bridgehead atoms. The summed E-state index contributed by atoms with van der Waals surface area (Å²) in [4.78, 5) is 0. The summed E-state index contributed by atoms with van der Waals surface area (Å²) >= 11 is 0. The van der Waals surface area contributed by atoms with Gasteiger partial charge in [-0.15, -0.1) is 0 Å². The zero-order valence-corrected chi connectivity index (χ0v) is 12.2. The molecule has 0 aliphatic rings. The maximum atomic E-state index is 8.64. The first-order chi connectivity index (χ1) is 9.24. The highest BCUT2D eigenvalue weighted by Gasteiger charge is 2.27. The molecule has 0 heterocycles. The van der Waals surface area contributed by atoms with Crippen LogP contribution in [0.3, 0.4) is 0 Å². The molecule has 0 unspecified atom stereocenters. The summed E-state index contributed by atoms with van der Waals surface area (Å²) in [5.41, 5.74) is 0. The number of aliphatic hydroxyl groups is 2. The minimum Gasteiger partial charge on any atom is -0.392 e. The van der Waals surface area contributed by atoms with Crippen LogP contribution in [0.15, 0.2) is 24.3 Å². The minimum atomic E-state index is -0.514. The van der Waals surface area contributed by atoms with Crippen molar-refractivity contribution in [2.24, 2.45) is 0 Å². The lowest BCUT2D eigenvalue weighted by Crippen LogP contribution is -2.33. The Morgan fingerprint density at radius 3 is 1.53 bits per heavy atom. The smallest absolute Gasteiger partial charge is 0.167 e. The lowest BCUT2D eigenvalue weighted by molar-refractivity contribution is -0.215. The molecule has 0 saturated carbocycles. The summed E-state index contributed by atoms with van der Waals surface area (Å²) in [7, 11) is 3.35. The van der Waals surface area contributed by atoms with Crippen LogP contribution in [-0.2, 0) is 9.47 Å². The van der Waals surface area contributed by atoms with Gasteiger partial charge in [-0.05, 0) is 25.7 Å². The zero-order chi connectivity index (χ0) is 14.4. The Kier molecular flexibility index (Phi) is 11.9. The minimum absolute atomic E-state index is 0.0941. The van der Waals surface area contributed by atoms with E-state index in [9.17, 15) is 0 Å². The molecular weight excluding hydrogens is 244 g/mol. The Morgan fingerprint density at radius 1 is 0.789 bits per heavy atom. The summed E-state index contributed by atoms with van der Waals surface area (Å²) in [6.07, 6.45) is 12.9. The lowest BCUT2D eigenvalue weighted by atomic mass is 10.0. The molecule has 0 aliphatic heterocycles. The van der Waals surface area contributed by atoms with Crippen molar-refractivity contribution in [1.29, 1.82) is 0 Å². The van der Waals surface area contributed by atoms with Crippen molar-refractivity contribution in [3.63, 3.8) is 0 Å². The maximum absolute atomic E-state index is 8.64. The number of aliphatic hydroxyl groups excluding tert-OH is 2. The fourth-order valence-corrected chi connectivity index (χ4v) is 1.98. The van der Waals surface area contributed by atoms with Gasteiger partial charge in [-0.1, -0.05) is 24.3 Å². The molecule has 0 saturated heterocycles. The molecule has 0 atom stereocenters. The highest BCUT2D eigenvalue weighted by molar-refractivity contribution is 4.83. The number of hydrogen-bond acceptors (Lipinski definition) is 4. The van der Waals surface area contributed by atoms with E-state index in [1.165, 1.54) is 0 Å². The van der Waals surface area contributed by atoms with Gasteiger partial charge in [0.2, 0.25) is 0 Å². The topological polar surface area (TPSA) is 58.9 Å². The van der Waals surface area contributed by atoms with E-state index in [-0.39, 0.29) is 13.2 Å². The Balaban J connectivity index is 4.03. The van der Waals surface area contributed by atoms with Gasteiger partial charge in [-0.3, -0.25) is 0 Å². The number of rotatable bonds is 12. The molecule has 4 nitrogen and oxygen atoms in total. The third-order valence-electron chi connectivity index (χ3n) is 3.15. The highest BCUT2D eigenvalue weighted by atomic mass is 16.7. The number of hydrogen-bond donors (Lipinski definition) is 2. The van der Waals surface area contributed by atoms with Crippen molar-refractivity contribution in [3.05, 3.63) is 24.3 Å². The fourth-order valence-electron chi connectivity index (χ4n) is 1.98. The van der Waals surface area contributed by atoms with Crippen molar-refractivity contribution < 1.29 is 19.7 Å². The van der Waals surface area contributed by atoms with Gasteiger partial charge in [-0.2, -0.15) is 0 Å². The third kappa shape index (κ3) is 8.94. The van der Waals surface area contributed by atoms with E-state index in [2.05, 4.69) is 0 Å². The lowest BCUT2D eigenvalue weighted by Gasteiger charge is -2.31. The van der Waals surface area contributed by atoms with Crippen LogP contribution in [0.2, 0.25) is 0 Å². The Hall–Kier alpha value is -0.680. The van der Waals surface area contributed by atoms with E-state index in [4.69, 9.17) is 19.7 Å². The Labute approximate surface area is 116 Å². The SMILES string of the molecule is COC(CCC/C=C/CO)(CCC/C=C/CO)OC. The number of unbranched alkanes of at least 4 members (excludes halogenated alkanes) is 2. The molecule has 0 fully saturated rings. The first-order valence-electron chi connectivity index (χ1n) is 6.86. The van der Waals surface area contributed by atoms with Crippen LogP contribution in [0.5, 0.6) is 0 Å². The predicted octanol–water partition coefficient (Wildman–Crippen LogP) is 2.41. The number of ether oxygens (including phenoxy) is 2. The summed E-state index contributed by atoms with van der Waals surface area (Å²) in [6, 6.07) is 0. The molecule has 4 heteroatoms. The molecule has 0 radical (unpaired) electrons. The van der Waals surface area contributed by atoms with Crippen LogP contribution < -0.4 is 0 Å². The van der Waals surface area contributed by atoms with E-state index < -0.39 is 5.79 Å². The Bertz CT molecular complexity index is 223. The quantitative estimate of drug-likeness (QED) is 0.325. The van der Waals surface area contributed by atoms with Gasteiger partial charge in [0.1, 0.15) is 0 Å². The largest absolute Gasteiger partial charge is 0.392 e. The van der Waals surface area contributed by atoms with Gasteiger partial charge >= 0.3 is 0 Å². The second kappa shape index (κ2) is 12.4. The molecule has 2 N–H and O–H groups in total. The molecule has 0 aromatic heterocycles. The van der Waals surface area contributed by atoms with Gasteiger partial charge in [-0.25, -0.2) is 0 Å². The van der Waals surface area contributed by atoms with Crippen LogP contribution in [-0.4, -0.2) is 43.4 Å². The average molecular weight is 272 g/mol. The maximum Gasteiger partial charge on any atom is 0.167 e. The van der Waals surface area contributed by atoms with E-state index in [1.54, 1.807) is 26.4 Å². The molecule has 0 amide bonds. The second-order valence-corrected chi connectivity index (χ2v) is 4.41. The molecule has 19 heavy (non-hydrogen) atoms. The highest BCUT2D eigenvalue weighted by Crippen LogP contribution is 2.26. The van der Waals surface area contributed by atoms with Crippen molar-refractivity contribution >= 4 is 0 Å². The van der Waals surface area contributed by atoms with Gasteiger partial charge in [0, 0.05) is 27.1 Å². The summed E-state index contributed by atoms with van der Waals surface area (Å²) in [5.74, 6) is -0.514. The normalized spacial score (nSPS) is 12.8. The fraction of sp³-hybridized carbons (Fsp3) is 0.733. The van der Waals surface area contributed by atoms with Gasteiger partial charge in [0.15, 0.2) is 5.79 Å². The number of methoxy groups -OCH3 is 2. The van der Waals surface area contributed by atoms with Crippen LogP contribution in [0.4, 0.5) is 0 Å². The van der Waals surface area contributed by atoms with Crippen molar-refractivity contribution in [3.8, 4) is 0 Å². The first kappa shape index (κ1) is 18.3. The first-order valence-corrected chi connectivity index (χ1v) is 6.86. The second-order valence-electron chi connectivity index (χ2n) is 4.41. The molecule has 0 aliphatic carbocycles. The monoisotopic (exact) mass is 272 g/mol. The summed E-state index contributed by atoms with van der Waals surface area (Å²) in [5, 5.41) is 17.3.